The van der Waals surface area contributed by atoms with Gasteiger partial charge in [0.15, 0.2) is 0 Å². The molecule has 4 heteroatoms. The predicted molar refractivity (Wildman–Crippen MR) is 88.1 cm³/mol. The Morgan fingerprint density at radius 2 is 2.20 bits per heavy atom. The molecule has 1 aliphatic rings. The van der Waals surface area contributed by atoms with E-state index in [0.717, 1.165) is 30.5 Å². The normalized spacial score (nSPS) is 23.4. The minimum Gasteiger partial charge on any atom is -0.391 e. The number of piperidine rings is 1. The number of rotatable bonds is 4. The van der Waals surface area contributed by atoms with Gasteiger partial charge in [-0.05, 0) is 30.0 Å². The van der Waals surface area contributed by atoms with E-state index in [1.165, 1.54) is 11.3 Å². The standard InChI is InChI=1S/C16H25BrN2O/c1-11(2)18-9-13-4-5-14(17)8-15(13)19-7-6-12(3)16(20)10-19/h4-5,8,11-12,16,18,20H,6-7,9-10H2,1-3H3. The van der Waals surface area contributed by atoms with E-state index in [-0.39, 0.29) is 6.10 Å². The summed E-state index contributed by atoms with van der Waals surface area (Å²) in [5.41, 5.74) is 2.53. The average molecular weight is 341 g/mol. The van der Waals surface area contributed by atoms with E-state index in [1.807, 2.05) is 0 Å². The molecule has 1 fully saturated rings. The van der Waals surface area contributed by atoms with E-state index in [4.69, 9.17) is 0 Å². The summed E-state index contributed by atoms with van der Waals surface area (Å²) in [5, 5.41) is 13.6. The van der Waals surface area contributed by atoms with Crippen molar-refractivity contribution >= 4 is 21.6 Å². The molecule has 1 aromatic rings. The van der Waals surface area contributed by atoms with Gasteiger partial charge in [-0.3, -0.25) is 0 Å². The highest BCUT2D eigenvalue weighted by Crippen LogP contribution is 2.29. The number of anilines is 1. The van der Waals surface area contributed by atoms with Crippen LogP contribution in [0.25, 0.3) is 0 Å². The second kappa shape index (κ2) is 6.92. The van der Waals surface area contributed by atoms with E-state index >= 15 is 0 Å². The summed E-state index contributed by atoms with van der Waals surface area (Å²) < 4.78 is 1.09. The average Bonchev–Trinajstić information content (AvgIpc) is 2.40. The Bertz CT molecular complexity index is 450. The Labute approximate surface area is 130 Å². The molecule has 3 nitrogen and oxygen atoms in total. The van der Waals surface area contributed by atoms with E-state index in [0.29, 0.717) is 12.0 Å². The molecule has 112 valence electrons. The molecule has 1 heterocycles. The molecule has 2 N–H and O–H groups in total. The van der Waals surface area contributed by atoms with Gasteiger partial charge in [-0.15, -0.1) is 0 Å². The van der Waals surface area contributed by atoms with Crippen molar-refractivity contribution in [2.75, 3.05) is 18.0 Å². The van der Waals surface area contributed by atoms with Crippen molar-refractivity contribution in [2.24, 2.45) is 5.92 Å². The van der Waals surface area contributed by atoms with E-state index < -0.39 is 0 Å². The topological polar surface area (TPSA) is 35.5 Å². The summed E-state index contributed by atoms with van der Waals surface area (Å²) in [5.74, 6) is 0.399. The van der Waals surface area contributed by atoms with E-state index in [1.54, 1.807) is 0 Å². The zero-order chi connectivity index (χ0) is 14.7. The molecule has 1 aliphatic heterocycles. The number of β-amino-alcohol motifs (C(OH)–C–C–N with tert-alkyl or cyclic N) is 1. The quantitative estimate of drug-likeness (QED) is 0.883. The van der Waals surface area contributed by atoms with Gasteiger partial charge in [0.1, 0.15) is 0 Å². The third kappa shape index (κ3) is 3.96. The summed E-state index contributed by atoms with van der Waals surface area (Å²) in [6, 6.07) is 6.89. The van der Waals surface area contributed by atoms with E-state index in [9.17, 15) is 5.11 Å². The first-order valence-corrected chi connectivity index (χ1v) is 8.21. The maximum absolute atomic E-state index is 10.1. The van der Waals surface area contributed by atoms with Crippen LogP contribution in [0.5, 0.6) is 0 Å². The molecule has 0 aromatic heterocycles. The number of halogens is 1. The van der Waals surface area contributed by atoms with Crippen molar-refractivity contribution in [3.63, 3.8) is 0 Å². The molecule has 0 saturated carbocycles. The van der Waals surface area contributed by atoms with Gasteiger partial charge in [0, 0.05) is 35.8 Å². The fraction of sp³-hybridized carbons (Fsp3) is 0.625. The third-order valence-corrected chi connectivity index (χ3v) is 4.50. The van der Waals surface area contributed by atoms with Gasteiger partial charge >= 0.3 is 0 Å². The molecule has 20 heavy (non-hydrogen) atoms. The lowest BCUT2D eigenvalue weighted by molar-refractivity contribution is 0.103. The van der Waals surface area contributed by atoms with Crippen LogP contribution in [0.4, 0.5) is 5.69 Å². The number of hydrogen-bond donors (Lipinski definition) is 2. The molecule has 0 bridgehead atoms. The molecule has 2 atom stereocenters. The monoisotopic (exact) mass is 340 g/mol. The first kappa shape index (κ1) is 15.8. The van der Waals surface area contributed by atoms with Crippen LogP contribution in [0.2, 0.25) is 0 Å². The van der Waals surface area contributed by atoms with Gasteiger partial charge < -0.3 is 15.3 Å². The molecule has 1 aromatic carbocycles. The lowest BCUT2D eigenvalue weighted by Gasteiger charge is -2.37. The predicted octanol–water partition coefficient (Wildman–Crippen LogP) is 3.15. The van der Waals surface area contributed by atoms with Crippen molar-refractivity contribution in [1.29, 1.82) is 0 Å². The molecule has 0 aliphatic carbocycles. The molecular weight excluding hydrogens is 316 g/mol. The van der Waals surface area contributed by atoms with Crippen LogP contribution in [0.3, 0.4) is 0 Å². The van der Waals surface area contributed by atoms with Gasteiger partial charge in [-0.1, -0.05) is 42.8 Å². The van der Waals surface area contributed by atoms with Gasteiger partial charge in [-0.25, -0.2) is 0 Å². The Morgan fingerprint density at radius 1 is 1.45 bits per heavy atom. The summed E-state index contributed by atoms with van der Waals surface area (Å²) in [6.07, 6.45) is 0.818. The number of aliphatic hydroxyl groups excluding tert-OH is 1. The summed E-state index contributed by atoms with van der Waals surface area (Å²) >= 11 is 3.56. The van der Waals surface area contributed by atoms with Crippen molar-refractivity contribution < 1.29 is 5.11 Å². The molecule has 1 saturated heterocycles. The lowest BCUT2D eigenvalue weighted by atomic mass is 9.95. The summed E-state index contributed by atoms with van der Waals surface area (Å²) in [4.78, 5) is 2.31. The third-order valence-electron chi connectivity index (χ3n) is 4.01. The van der Waals surface area contributed by atoms with Crippen LogP contribution >= 0.6 is 15.9 Å². The number of hydrogen-bond acceptors (Lipinski definition) is 3. The van der Waals surface area contributed by atoms with Gasteiger partial charge in [0.05, 0.1) is 6.10 Å². The molecule has 0 spiro atoms. The second-order valence-corrected chi connectivity index (χ2v) is 7.00. The molecule has 0 radical (unpaired) electrons. The Hall–Kier alpha value is -0.580. The van der Waals surface area contributed by atoms with E-state index in [2.05, 4.69) is 65.1 Å². The second-order valence-electron chi connectivity index (χ2n) is 6.09. The van der Waals surface area contributed by atoms with Crippen LogP contribution in [-0.2, 0) is 6.54 Å². The highest BCUT2D eigenvalue weighted by molar-refractivity contribution is 9.10. The zero-order valence-electron chi connectivity index (χ0n) is 12.6. The highest BCUT2D eigenvalue weighted by atomic mass is 79.9. The minimum atomic E-state index is -0.228. The first-order chi connectivity index (χ1) is 9.47. The maximum atomic E-state index is 10.1. The molecular formula is C16H25BrN2O. The van der Waals surface area contributed by atoms with Gasteiger partial charge in [-0.2, -0.15) is 0 Å². The Morgan fingerprint density at radius 3 is 2.85 bits per heavy atom. The molecule has 2 unspecified atom stereocenters. The summed E-state index contributed by atoms with van der Waals surface area (Å²) in [7, 11) is 0. The number of aliphatic hydroxyl groups is 1. The fourth-order valence-corrected chi connectivity index (χ4v) is 2.91. The van der Waals surface area contributed by atoms with Crippen LogP contribution in [0.1, 0.15) is 32.8 Å². The van der Waals surface area contributed by atoms with Crippen LogP contribution in [0, 0.1) is 5.92 Å². The number of nitrogens with zero attached hydrogens (tertiary/aromatic N) is 1. The molecule has 0 amide bonds. The first-order valence-electron chi connectivity index (χ1n) is 7.42. The van der Waals surface area contributed by atoms with Crippen LogP contribution < -0.4 is 10.2 Å². The molecule has 2 rings (SSSR count). The van der Waals surface area contributed by atoms with Gasteiger partial charge in [0.2, 0.25) is 0 Å². The lowest BCUT2D eigenvalue weighted by Crippen LogP contribution is -2.43. The number of benzene rings is 1. The smallest absolute Gasteiger partial charge is 0.0741 e. The maximum Gasteiger partial charge on any atom is 0.0741 e. The van der Waals surface area contributed by atoms with Crippen molar-refractivity contribution in [3.8, 4) is 0 Å². The van der Waals surface area contributed by atoms with Gasteiger partial charge in [0.25, 0.3) is 0 Å². The van der Waals surface area contributed by atoms with Crippen LogP contribution in [0.15, 0.2) is 22.7 Å². The van der Waals surface area contributed by atoms with Crippen molar-refractivity contribution in [1.82, 2.24) is 5.32 Å². The SMILES string of the molecule is CC(C)NCc1ccc(Br)cc1N1CCC(C)C(O)C1. The number of nitrogens with one attached hydrogen (secondary N) is 1. The Balaban J connectivity index is 2.18. The minimum absolute atomic E-state index is 0.228. The van der Waals surface area contributed by atoms with Crippen molar-refractivity contribution in [2.45, 2.75) is 45.9 Å². The highest BCUT2D eigenvalue weighted by Gasteiger charge is 2.25. The van der Waals surface area contributed by atoms with Crippen molar-refractivity contribution in [3.05, 3.63) is 28.2 Å². The van der Waals surface area contributed by atoms with Crippen LogP contribution in [-0.4, -0.2) is 30.3 Å². The largest absolute Gasteiger partial charge is 0.391 e. The Kier molecular flexibility index (Phi) is 5.47. The summed E-state index contributed by atoms with van der Waals surface area (Å²) in [6.45, 7) is 9.05. The fourth-order valence-electron chi connectivity index (χ4n) is 2.56. The zero-order valence-corrected chi connectivity index (χ0v) is 14.2.